The van der Waals surface area contributed by atoms with E-state index in [9.17, 15) is 4.79 Å². The van der Waals surface area contributed by atoms with Gasteiger partial charge in [-0.25, -0.2) is 4.98 Å². The molecule has 0 bridgehead atoms. The zero-order chi connectivity index (χ0) is 17.6. The van der Waals surface area contributed by atoms with Crippen LogP contribution in [0.5, 0.6) is 0 Å². The Morgan fingerprint density at radius 3 is 2.60 bits per heavy atom. The lowest BCUT2D eigenvalue weighted by molar-refractivity contribution is 0.0951. The number of pyridine rings is 1. The highest BCUT2D eigenvalue weighted by Gasteiger charge is 2.08. The molecule has 5 heteroatoms. The molecular formula is C20H18ClN3O. The average Bonchev–Trinajstić information content (AvgIpc) is 2.63. The number of rotatable bonds is 5. The first kappa shape index (κ1) is 17.0. The minimum atomic E-state index is -0.172. The Bertz CT molecular complexity index is 878. The van der Waals surface area contributed by atoms with Crippen LogP contribution in [0.25, 0.3) is 0 Å². The fourth-order valence-corrected chi connectivity index (χ4v) is 2.55. The number of amides is 1. The van der Waals surface area contributed by atoms with E-state index < -0.39 is 0 Å². The smallest absolute Gasteiger partial charge is 0.251 e. The van der Waals surface area contributed by atoms with Gasteiger partial charge in [0.2, 0.25) is 0 Å². The van der Waals surface area contributed by atoms with Gasteiger partial charge in [0.05, 0.1) is 0 Å². The first-order valence-electron chi connectivity index (χ1n) is 7.93. The van der Waals surface area contributed by atoms with Crippen molar-refractivity contribution in [2.45, 2.75) is 13.5 Å². The summed E-state index contributed by atoms with van der Waals surface area (Å²) < 4.78 is 0. The monoisotopic (exact) mass is 351 g/mol. The summed E-state index contributed by atoms with van der Waals surface area (Å²) in [6.07, 6.45) is 1.61. The standard InChI is InChI=1S/C20H18ClN3O/c1-14-6-8-17(9-7-14)24-19-12-15(10-11-22-19)20(25)23-13-16-4-2-3-5-18(16)21/h2-12H,13H2,1H3,(H,22,24)(H,23,25). The number of benzene rings is 2. The van der Waals surface area contributed by atoms with Crippen LogP contribution in [-0.2, 0) is 6.54 Å². The maximum atomic E-state index is 12.4. The number of carbonyl (C=O) groups excluding carboxylic acids is 1. The van der Waals surface area contributed by atoms with Crippen LogP contribution in [0.4, 0.5) is 11.5 Å². The first-order chi connectivity index (χ1) is 12.1. The van der Waals surface area contributed by atoms with Crippen molar-refractivity contribution in [1.29, 1.82) is 0 Å². The van der Waals surface area contributed by atoms with Crippen molar-refractivity contribution in [3.8, 4) is 0 Å². The summed E-state index contributed by atoms with van der Waals surface area (Å²) in [5.41, 5.74) is 3.53. The van der Waals surface area contributed by atoms with Gasteiger partial charge < -0.3 is 10.6 Å². The van der Waals surface area contributed by atoms with Gasteiger partial charge in [-0.05, 0) is 42.8 Å². The predicted octanol–water partition coefficient (Wildman–Crippen LogP) is 4.72. The number of halogens is 1. The Kier molecular flexibility index (Phi) is 5.31. The van der Waals surface area contributed by atoms with E-state index >= 15 is 0 Å². The molecule has 2 N–H and O–H groups in total. The Hall–Kier alpha value is -2.85. The highest BCUT2D eigenvalue weighted by Crippen LogP contribution is 2.17. The summed E-state index contributed by atoms with van der Waals surface area (Å²) in [5, 5.41) is 6.71. The van der Waals surface area contributed by atoms with E-state index in [4.69, 9.17) is 11.6 Å². The molecule has 0 unspecified atom stereocenters. The lowest BCUT2D eigenvalue weighted by Gasteiger charge is -2.09. The van der Waals surface area contributed by atoms with Crippen LogP contribution in [0, 0.1) is 6.92 Å². The summed E-state index contributed by atoms with van der Waals surface area (Å²) in [5.74, 6) is 0.448. The normalized spacial score (nSPS) is 10.3. The number of carbonyl (C=O) groups is 1. The number of anilines is 2. The Labute approximate surface area is 151 Å². The van der Waals surface area contributed by atoms with Crippen LogP contribution >= 0.6 is 11.6 Å². The molecule has 4 nitrogen and oxygen atoms in total. The molecular weight excluding hydrogens is 334 g/mol. The summed E-state index contributed by atoms with van der Waals surface area (Å²) in [4.78, 5) is 16.6. The molecule has 1 aromatic heterocycles. The number of hydrogen-bond donors (Lipinski definition) is 2. The third-order valence-corrected chi connectivity index (χ3v) is 4.11. The zero-order valence-electron chi connectivity index (χ0n) is 13.8. The maximum Gasteiger partial charge on any atom is 0.251 e. The van der Waals surface area contributed by atoms with E-state index in [0.29, 0.717) is 22.9 Å². The Balaban J connectivity index is 1.67. The third kappa shape index (κ3) is 4.58. The predicted molar refractivity (Wildman–Crippen MR) is 101 cm³/mol. The van der Waals surface area contributed by atoms with Crippen molar-refractivity contribution < 1.29 is 4.79 Å². The first-order valence-corrected chi connectivity index (χ1v) is 8.31. The van der Waals surface area contributed by atoms with Crippen molar-refractivity contribution in [3.05, 3.63) is 88.6 Å². The average molecular weight is 352 g/mol. The molecule has 3 rings (SSSR count). The summed E-state index contributed by atoms with van der Waals surface area (Å²) in [6.45, 7) is 2.41. The van der Waals surface area contributed by atoms with E-state index in [2.05, 4.69) is 15.6 Å². The number of aryl methyl sites for hydroxylation is 1. The van der Waals surface area contributed by atoms with Crippen LogP contribution in [0.15, 0.2) is 66.9 Å². The lowest BCUT2D eigenvalue weighted by atomic mass is 10.2. The summed E-state index contributed by atoms with van der Waals surface area (Å²) >= 11 is 6.11. The van der Waals surface area contributed by atoms with Crippen LogP contribution < -0.4 is 10.6 Å². The van der Waals surface area contributed by atoms with Crippen LogP contribution in [-0.4, -0.2) is 10.9 Å². The second-order valence-electron chi connectivity index (χ2n) is 5.69. The fraction of sp³-hybridized carbons (Fsp3) is 0.100. The van der Waals surface area contributed by atoms with Crippen LogP contribution in [0.1, 0.15) is 21.5 Å². The van der Waals surface area contributed by atoms with Gasteiger partial charge in [0.15, 0.2) is 0 Å². The van der Waals surface area contributed by atoms with Gasteiger partial charge in [0.1, 0.15) is 5.82 Å². The van der Waals surface area contributed by atoms with E-state index in [0.717, 1.165) is 11.3 Å². The van der Waals surface area contributed by atoms with Crippen molar-refractivity contribution in [2.75, 3.05) is 5.32 Å². The molecule has 1 amide bonds. The molecule has 0 spiro atoms. The van der Waals surface area contributed by atoms with Crippen molar-refractivity contribution >= 4 is 29.0 Å². The highest BCUT2D eigenvalue weighted by atomic mass is 35.5. The third-order valence-electron chi connectivity index (χ3n) is 3.74. The SMILES string of the molecule is Cc1ccc(Nc2cc(C(=O)NCc3ccccc3Cl)ccn2)cc1. The molecule has 1 heterocycles. The molecule has 3 aromatic rings. The number of nitrogens with one attached hydrogen (secondary N) is 2. The van der Waals surface area contributed by atoms with Gasteiger partial charge in [-0.2, -0.15) is 0 Å². The minimum absolute atomic E-state index is 0.172. The van der Waals surface area contributed by atoms with Gasteiger partial charge >= 0.3 is 0 Å². The fourth-order valence-electron chi connectivity index (χ4n) is 2.34. The highest BCUT2D eigenvalue weighted by molar-refractivity contribution is 6.31. The van der Waals surface area contributed by atoms with E-state index in [1.807, 2.05) is 49.4 Å². The molecule has 126 valence electrons. The van der Waals surface area contributed by atoms with Gasteiger partial charge in [0, 0.05) is 29.0 Å². The van der Waals surface area contributed by atoms with Crippen molar-refractivity contribution in [2.24, 2.45) is 0 Å². The molecule has 0 atom stereocenters. The molecule has 0 aliphatic heterocycles. The second-order valence-corrected chi connectivity index (χ2v) is 6.10. The molecule has 0 saturated carbocycles. The molecule has 25 heavy (non-hydrogen) atoms. The topological polar surface area (TPSA) is 54.0 Å². The quantitative estimate of drug-likeness (QED) is 0.699. The van der Waals surface area contributed by atoms with E-state index in [1.165, 1.54) is 5.56 Å². The van der Waals surface area contributed by atoms with Gasteiger partial charge in [0.25, 0.3) is 5.91 Å². The van der Waals surface area contributed by atoms with Gasteiger partial charge in [-0.3, -0.25) is 4.79 Å². The number of hydrogen-bond acceptors (Lipinski definition) is 3. The molecule has 2 aromatic carbocycles. The summed E-state index contributed by atoms with van der Waals surface area (Å²) in [6, 6.07) is 18.8. The van der Waals surface area contributed by atoms with Crippen LogP contribution in [0.2, 0.25) is 5.02 Å². The van der Waals surface area contributed by atoms with E-state index in [-0.39, 0.29) is 5.91 Å². The molecule has 0 saturated heterocycles. The maximum absolute atomic E-state index is 12.4. The van der Waals surface area contributed by atoms with E-state index in [1.54, 1.807) is 24.4 Å². The number of aromatic nitrogens is 1. The van der Waals surface area contributed by atoms with Crippen molar-refractivity contribution in [3.63, 3.8) is 0 Å². The lowest BCUT2D eigenvalue weighted by Crippen LogP contribution is -2.23. The molecule has 0 aliphatic rings. The molecule has 0 radical (unpaired) electrons. The number of nitrogens with zero attached hydrogens (tertiary/aromatic N) is 1. The Morgan fingerprint density at radius 1 is 1.08 bits per heavy atom. The second kappa shape index (κ2) is 7.81. The van der Waals surface area contributed by atoms with Crippen molar-refractivity contribution in [1.82, 2.24) is 10.3 Å². The summed E-state index contributed by atoms with van der Waals surface area (Å²) in [7, 11) is 0. The molecule has 0 fully saturated rings. The van der Waals surface area contributed by atoms with Crippen LogP contribution in [0.3, 0.4) is 0 Å². The zero-order valence-corrected chi connectivity index (χ0v) is 14.5. The van der Waals surface area contributed by atoms with Gasteiger partial charge in [-0.15, -0.1) is 0 Å². The minimum Gasteiger partial charge on any atom is -0.348 e. The van der Waals surface area contributed by atoms with Gasteiger partial charge in [-0.1, -0.05) is 47.5 Å². The Morgan fingerprint density at radius 2 is 1.84 bits per heavy atom. The largest absolute Gasteiger partial charge is 0.348 e. The molecule has 0 aliphatic carbocycles.